The summed E-state index contributed by atoms with van der Waals surface area (Å²) < 4.78 is 0. The molecular weight excluding hydrogens is 196 g/mol. The minimum absolute atomic E-state index is 0.0415. The number of nitrogens with two attached hydrogens (primary N) is 1. The van der Waals surface area contributed by atoms with Crippen molar-refractivity contribution in [2.24, 2.45) is 5.73 Å². The number of carbonyl (C=O) groups is 1. The third-order valence-corrected chi connectivity index (χ3v) is 2.35. The quantitative estimate of drug-likeness (QED) is 0.600. The van der Waals surface area contributed by atoms with Crippen molar-refractivity contribution in [3.05, 3.63) is 23.8 Å². The summed E-state index contributed by atoms with van der Waals surface area (Å²) in [7, 11) is 0. The van der Waals surface area contributed by atoms with E-state index in [9.17, 15) is 15.0 Å². The molecule has 5 nitrogen and oxygen atoms in total. The molecule has 1 aliphatic rings. The first-order valence-corrected chi connectivity index (χ1v) is 4.64. The maximum Gasteiger partial charge on any atom is 0.254 e. The van der Waals surface area contributed by atoms with Gasteiger partial charge in [-0.25, -0.2) is 0 Å². The van der Waals surface area contributed by atoms with Gasteiger partial charge in [0.2, 0.25) is 0 Å². The van der Waals surface area contributed by atoms with Crippen LogP contribution in [0.25, 0.3) is 0 Å². The third kappa shape index (κ3) is 1.87. The molecule has 5 heteroatoms. The second kappa shape index (κ2) is 3.43. The Bertz CT molecular complexity index is 379. The van der Waals surface area contributed by atoms with Crippen molar-refractivity contribution in [2.75, 3.05) is 13.1 Å². The smallest absolute Gasteiger partial charge is 0.254 e. The van der Waals surface area contributed by atoms with Gasteiger partial charge in [-0.3, -0.25) is 4.79 Å². The fraction of sp³-hybridized carbons (Fsp3) is 0.300. The van der Waals surface area contributed by atoms with Gasteiger partial charge < -0.3 is 20.8 Å². The molecule has 0 aromatic heterocycles. The van der Waals surface area contributed by atoms with Gasteiger partial charge in [0.25, 0.3) is 5.91 Å². The zero-order valence-electron chi connectivity index (χ0n) is 8.05. The highest BCUT2D eigenvalue weighted by atomic mass is 16.3. The van der Waals surface area contributed by atoms with E-state index >= 15 is 0 Å². The second-order valence-electron chi connectivity index (χ2n) is 3.71. The zero-order valence-corrected chi connectivity index (χ0v) is 8.05. The van der Waals surface area contributed by atoms with Gasteiger partial charge in [-0.1, -0.05) is 0 Å². The molecule has 0 aliphatic carbocycles. The molecule has 4 N–H and O–H groups in total. The van der Waals surface area contributed by atoms with Crippen LogP contribution in [0, 0.1) is 0 Å². The number of rotatable bonds is 1. The molecule has 1 aliphatic heterocycles. The van der Waals surface area contributed by atoms with Crippen molar-refractivity contribution in [2.45, 2.75) is 6.04 Å². The van der Waals surface area contributed by atoms with Crippen molar-refractivity contribution in [3.63, 3.8) is 0 Å². The van der Waals surface area contributed by atoms with Crippen molar-refractivity contribution in [1.82, 2.24) is 4.90 Å². The molecule has 0 saturated carbocycles. The van der Waals surface area contributed by atoms with Crippen molar-refractivity contribution >= 4 is 5.91 Å². The maximum absolute atomic E-state index is 11.7. The van der Waals surface area contributed by atoms with E-state index in [1.165, 1.54) is 18.2 Å². The summed E-state index contributed by atoms with van der Waals surface area (Å²) in [6, 6.07) is 3.87. The molecule has 0 bridgehead atoms. The molecule has 0 spiro atoms. The Hall–Kier alpha value is -1.75. The average molecular weight is 208 g/mol. The largest absolute Gasteiger partial charge is 0.508 e. The van der Waals surface area contributed by atoms with Crippen LogP contribution in [-0.2, 0) is 0 Å². The summed E-state index contributed by atoms with van der Waals surface area (Å²) in [6.45, 7) is 1.05. The van der Waals surface area contributed by atoms with Gasteiger partial charge in [0.1, 0.15) is 11.5 Å². The van der Waals surface area contributed by atoms with Crippen LogP contribution >= 0.6 is 0 Å². The van der Waals surface area contributed by atoms with E-state index < -0.39 is 0 Å². The number of aromatic hydroxyl groups is 2. The number of carbonyl (C=O) groups excluding carboxylic acids is 1. The number of amides is 1. The minimum Gasteiger partial charge on any atom is -0.508 e. The van der Waals surface area contributed by atoms with Crippen LogP contribution in [0.2, 0.25) is 0 Å². The highest BCUT2D eigenvalue weighted by molar-refractivity contribution is 5.95. The molecule has 1 heterocycles. The molecule has 1 aromatic rings. The van der Waals surface area contributed by atoms with Crippen LogP contribution in [-0.4, -0.2) is 40.2 Å². The molecule has 0 atom stereocenters. The zero-order chi connectivity index (χ0) is 11.0. The molecule has 1 aromatic carbocycles. The van der Waals surface area contributed by atoms with Crippen LogP contribution in [0.3, 0.4) is 0 Å². The Morgan fingerprint density at radius 2 is 1.80 bits per heavy atom. The number of hydrogen-bond acceptors (Lipinski definition) is 4. The number of likely N-dealkylation sites (tertiary alicyclic amines) is 1. The van der Waals surface area contributed by atoms with Gasteiger partial charge in [-0.15, -0.1) is 0 Å². The van der Waals surface area contributed by atoms with Crippen LogP contribution < -0.4 is 5.73 Å². The molecule has 0 radical (unpaired) electrons. The standard InChI is InChI=1S/C10H12N2O3/c11-7-4-12(5-7)10(15)6-1-8(13)3-9(14)2-6/h1-3,7,13-14H,4-5,11H2. The van der Waals surface area contributed by atoms with Crippen LogP contribution in [0.4, 0.5) is 0 Å². The average Bonchev–Trinajstić information content (AvgIpc) is 2.10. The van der Waals surface area contributed by atoms with Gasteiger partial charge in [-0.05, 0) is 12.1 Å². The lowest BCUT2D eigenvalue weighted by Gasteiger charge is -2.36. The molecular formula is C10H12N2O3. The number of hydrogen-bond donors (Lipinski definition) is 3. The van der Waals surface area contributed by atoms with E-state index in [1.807, 2.05) is 0 Å². The van der Waals surface area contributed by atoms with Crippen molar-refractivity contribution in [1.29, 1.82) is 0 Å². The van der Waals surface area contributed by atoms with Crippen LogP contribution in [0.15, 0.2) is 18.2 Å². The summed E-state index contributed by atoms with van der Waals surface area (Å²) in [5.41, 5.74) is 5.83. The van der Waals surface area contributed by atoms with E-state index in [1.54, 1.807) is 4.90 Å². The Labute approximate surface area is 86.7 Å². The molecule has 2 rings (SSSR count). The number of nitrogens with zero attached hydrogens (tertiary/aromatic N) is 1. The Morgan fingerprint density at radius 3 is 2.27 bits per heavy atom. The summed E-state index contributed by atoms with van der Waals surface area (Å²) in [6.07, 6.45) is 0. The van der Waals surface area contributed by atoms with E-state index in [0.29, 0.717) is 13.1 Å². The van der Waals surface area contributed by atoms with Crippen molar-refractivity contribution < 1.29 is 15.0 Å². The third-order valence-electron chi connectivity index (χ3n) is 2.35. The second-order valence-corrected chi connectivity index (χ2v) is 3.71. The molecule has 0 unspecified atom stereocenters. The minimum atomic E-state index is -0.220. The van der Waals surface area contributed by atoms with Crippen LogP contribution in [0.1, 0.15) is 10.4 Å². The van der Waals surface area contributed by atoms with Gasteiger partial charge in [-0.2, -0.15) is 0 Å². The summed E-state index contributed by atoms with van der Waals surface area (Å²) in [4.78, 5) is 13.3. The molecule has 1 saturated heterocycles. The monoisotopic (exact) mass is 208 g/mol. The Kier molecular flexibility index (Phi) is 2.24. The molecule has 1 fully saturated rings. The first-order valence-electron chi connectivity index (χ1n) is 4.64. The normalized spacial score (nSPS) is 16.2. The molecule has 15 heavy (non-hydrogen) atoms. The molecule has 80 valence electrons. The van der Waals surface area contributed by atoms with Crippen LogP contribution in [0.5, 0.6) is 11.5 Å². The summed E-state index contributed by atoms with van der Waals surface area (Å²) >= 11 is 0. The van der Waals surface area contributed by atoms with Gasteiger partial charge in [0.15, 0.2) is 0 Å². The lowest BCUT2D eigenvalue weighted by Crippen LogP contribution is -2.57. The fourth-order valence-electron chi connectivity index (χ4n) is 1.58. The topological polar surface area (TPSA) is 86.8 Å². The number of benzene rings is 1. The van der Waals surface area contributed by atoms with Gasteiger partial charge >= 0.3 is 0 Å². The predicted octanol–water partition coefficient (Wildman–Crippen LogP) is -0.119. The predicted molar refractivity (Wildman–Crippen MR) is 53.7 cm³/mol. The SMILES string of the molecule is NC1CN(C(=O)c2cc(O)cc(O)c2)C1. The summed E-state index contributed by atoms with van der Waals surface area (Å²) in [5, 5.41) is 18.4. The molecule has 1 amide bonds. The van der Waals surface area contributed by atoms with Gasteiger partial charge in [0.05, 0.1) is 0 Å². The van der Waals surface area contributed by atoms with E-state index in [4.69, 9.17) is 5.73 Å². The Morgan fingerprint density at radius 1 is 1.27 bits per heavy atom. The van der Waals surface area contributed by atoms with E-state index in [-0.39, 0.29) is 29.0 Å². The lowest BCUT2D eigenvalue weighted by molar-refractivity contribution is 0.0607. The first kappa shape index (κ1) is 9.79. The number of phenols is 2. The number of phenolic OH excluding ortho intramolecular Hbond substituents is 2. The lowest BCUT2D eigenvalue weighted by atomic mass is 10.1. The summed E-state index contributed by atoms with van der Waals surface area (Å²) in [5.74, 6) is -0.464. The van der Waals surface area contributed by atoms with Gasteiger partial charge in [0, 0.05) is 30.8 Å². The van der Waals surface area contributed by atoms with E-state index in [2.05, 4.69) is 0 Å². The maximum atomic E-state index is 11.7. The van der Waals surface area contributed by atoms with Crippen molar-refractivity contribution in [3.8, 4) is 11.5 Å². The fourth-order valence-corrected chi connectivity index (χ4v) is 1.58. The highest BCUT2D eigenvalue weighted by Crippen LogP contribution is 2.22. The van der Waals surface area contributed by atoms with E-state index in [0.717, 1.165) is 0 Å². The Balaban J connectivity index is 2.18. The highest BCUT2D eigenvalue weighted by Gasteiger charge is 2.28. The first-order chi connectivity index (χ1) is 7.06.